The van der Waals surface area contributed by atoms with Crippen molar-refractivity contribution in [3.63, 3.8) is 0 Å². The Morgan fingerprint density at radius 2 is 1.86 bits per heavy atom. The van der Waals surface area contributed by atoms with Gasteiger partial charge in [0.05, 0.1) is 23.4 Å². The lowest BCUT2D eigenvalue weighted by Crippen LogP contribution is -2.44. The Kier molecular flexibility index (Phi) is 7.21. The Bertz CT molecular complexity index is 722. The van der Waals surface area contributed by atoms with Crippen molar-refractivity contribution in [3.8, 4) is 0 Å². The van der Waals surface area contributed by atoms with E-state index in [2.05, 4.69) is 12.2 Å². The van der Waals surface area contributed by atoms with Crippen LogP contribution in [0.25, 0.3) is 0 Å². The smallest absolute Gasteiger partial charge is 0.410 e. The lowest BCUT2D eigenvalue weighted by molar-refractivity contribution is 0.0179. The zero-order valence-electron chi connectivity index (χ0n) is 17.6. The molecule has 1 aliphatic heterocycles. The topological polar surface area (TPSA) is 67.9 Å². The number of ether oxygens (including phenoxy) is 2. The third-order valence-electron chi connectivity index (χ3n) is 4.96. The van der Waals surface area contributed by atoms with Crippen LogP contribution in [0.5, 0.6) is 0 Å². The Morgan fingerprint density at radius 3 is 2.39 bits per heavy atom. The highest BCUT2D eigenvalue weighted by atomic mass is 35.5. The van der Waals surface area contributed by atoms with Crippen LogP contribution in [-0.2, 0) is 9.47 Å². The molecular formula is C21H31ClN2O4. The van der Waals surface area contributed by atoms with Gasteiger partial charge < -0.3 is 19.7 Å². The number of hydrogen-bond acceptors (Lipinski definition) is 5. The van der Waals surface area contributed by atoms with Crippen molar-refractivity contribution in [2.75, 3.05) is 25.5 Å². The molecule has 0 radical (unpaired) electrons. The molecule has 1 aromatic carbocycles. The maximum atomic E-state index is 12.2. The Morgan fingerprint density at radius 1 is 1.25 bits per heavy atom. The molecule has 7 heteroatoms. The molecule has 1 atom stereocenters. The summed E-state index contributed by atoms with van der Waals surface area (Å²) in [5.41, 5.74) is 1.53. The van der Waals surface area contributed by atoms with Gasteiger partial charge in [0.2, 0.25) is 0 Å². The van der Waals surface area contributed by atoms with E-state index in [4.69, 9.17) is 21.1 Å². The highest BCUT2D eigenvalue weighted by molar-refractivity contribution is 6.34. The number of nitrogens with zero attached hydrogens (tertiary/aromatic N) is 1. The van der Waals surface area contributed by atoms with E-state index in [1.54, 1.807) is 17.0 Å². The summed E-state index contributed by atoms with van der Waals surface area (Å²) < 4.78 is 10.3. The molecule has 2 rings (SSSR count). The predicted octanol–water partition coefficient (Wildman–Crippen LogP) is 4.88. The number of esters is 1. The number of anilines is 1. The SMILES string of the molecule is COC(=O)c1cc(C)c(Cl)c(N[C@@H](C)C2CCN(C(=O)OC(C)(C)C)CC2)c1. The lowest BCUT2D eigenvalue weighted by Gasteiger charge is -2.36. The number of likely N-dealkylation sites (tertiary alicyclic amines) is 1. The Balaban J connectivity index is 1.99. The van der Waals surface area contributed by atoms with Crippen LogP contribution in [0.3, 0.4) is 0 Å². The summed E-state index contributed by atoms with van der Waals surface area (Å²) in [6, 6.07) is 3.60. The first kappa shape index (κ1) is 22.3. The van der Waals surface area contributed by atoms with Gasteiger partial charge in [0, 0.05) is 19.1 Å². The summed E-state index contributed by atoms with van der Waals surface area (Å²) in [5.74, 6) is -0.00187. The molecule has 28 heavy (non-hydrogen) atoms. The van der Waals surface area contributed by atoms with E-state index >= 15 is 0 Å². The van der Waals surface area contributed by atoms with Gasteiger partial charge in [-0.2, -0.15) is 0 Å². The molecule has 1 saturated heterocycles. The molecule has 1 fully saturated rings. The third-order valence-corrected chi connectivity index (χ3v) is 5.46. The fraction of sp³-hybridized carbons (Fsp3) is 0.619. The largest absolute Gasteiger partial charge is 0.465 e. The molecule has 0 spiro atoms. The third kappa shape index (κ3) is 5.77. The zero-order valence-corrected chi connectivity index (χ0v) is 18.4. The highest BCUT2D eigenvalue weighted by Gasteiger charge is 2.29. The van der Waals surface area contributed by atoms with Crippen molar-refractivity contribution in [3.05, 3.63) is 28.3 Å². The molecule has 1 N–H and O–H groups in total. The average molecular weight is 411 g/mol. The quantitative estimate of drug-likeness (QED) is 0.716. The van der Waals surface area contributed by atoms with Gasteiger partial charge in [-0.15, -0.1) is 0 Å². The highest BCUT2D eigenvalue weighted by Crippen LogP contribution is 2.31. The summed E-state index contributed by atoms with van der Waals surface area (Å²) >= 11 is 6.44. The van der Waals surface area contributed by atoms with Gasteiger partial charge in [-0.1, -0.05) is 11.6 Å². The summed E-state index contributed by atoms with van der Waals surface area (Å²) in [5, 5.41) is 4.05. The fourth-order valence-corrected chi connectivity index (χ4v) is 3.55. The Hall–Kier alpha value is -1.95. The monoisotopic (exact) mass is 410 g/mol. The summed E-state index contributed by atoms with van der Waals surface area (Å²) in [6.07, 6.45) is 1.50. The molecule has 1 aromatic rings. The van der Waals surface area contributed by atoms with Crippen LogP contribution in [-0.4, -0.2) is 48.8 Å². The Labute approximate surface area is 172 Å². The van der Waals surface area contributed by atoms with E-state index in [9.17, 15) is 9.59 Å². The van der Waals surface area contributed by atoms with Crippen molar-refractivity contribution in [1.29, 1.82) is 0 Å². The summed E-state index contributed by atoms with van der Waals surface area (Å²) in [7, 11) is 1.36. The number of nitrogens with one attached hydrogen (secondary N) is 1. The minimum atomic E-state index is -0.484. The maximum Gasteiger partial charge on any atom is 0.410 e. The number of aryl methyl sites for hydroxylation is 1. The minimum absolute atomic E-state index is 0.144. The average Bonchev–Trinajstić information content (AvgIpc) is 2.63. The number of carbonyl (C=O) groups is 2. The number of rotatable bonds is 4. The van der Waals surface area contributed by atoms with Gasteiger partial charge in [0.15, 0.2) is 0 Å². The van der Waals surface area contributed by atoms with Gasteiger partial charge in [-0.05, 0) is 71.1 Å². The van der Waals surface area contributed by atoms with E-state index in [1.165, 1.54) is 7.11 Å². The first-order valence-electron chi connectivity index (χ1n) is 9.64. The second kappa shape index (κ2) is 9.03. The summed E-state index contributed by atoms with van der Waals surface area (Å²) in [4.78, 5) is 25.9. The van der Waals surface area contributed by atoms with E-state index in [-0.39, 0.29) is 18.1 Å². The van der Waals surface area contributed by atoms with Crippen molar-refractivity contribution in [1.82, 2.24) is 4.90 Å². The van der Waals surface area contributed by atoms with Gasteiger partial charge >= 0.3 is 12.1 Å². The number of benzene rings is 1. The van der Waals surface area contributed by atoms with E-state index in [0.29, 0.717) is 29.6 Å². The molecule has 0 unspecified atom stereocenters. The number of hydrogen-bond donors (Lipinski definition) is 1. The van der Waals surface area contributed by atoms with Gasteiger partial charge in [-0.25, -0.2) is 9.59 Å². The normalized spacial score (nSPS) is 16.5. The number of carbonyl (C=O) groups excluding carboxylic acids is 2. The minimum Gasteiger partial charge on any atom is -0.465 e. The first-order chi connectivity index (χ1) is 13.0. The van der Waals surface area contributed by atoms with E-state index in [1.807, 2.05) is 27.7 Å². The first-order valence-corrected chi connectivity index (χ1v) is 10.0. The van der Waals surface area contributed by atoms with Gasteiger partial charge in [-0.3, -0.25) is 0 Å². The molecule has 0 saturated carbocycles. The number of amides is 1. The van der Waals surface area contributed by atoms with Crippen LogP contribution < -0.4 is 5.32 Å². The number of halogens is 1. The van der Waals surface area contributed by atoms with Gasteiger partial charge in [0.25, 0.3) is 0 Å². The zero-order chi connectivity index (χ0) is 21.1. The predicted molar refractivity (Wildman–Crippen MR) is 111 cm³/mol. The second-order valence-corrected chi connectivity index (χ2v) is 8.76. The second-order valence-electron chi connectivity index (χ2n) is 8.38. The van der Waals surface area contributed by atoms with Gasteiger partial charge in [0.1, 0.15) is 5.60 Å². The molecule has 6 nitrogen and oxygen atoms in total. The molecule has 1 aliphatic rings. The van der Waals surface area contributed by atoms with Crippen molar-refractivity contribution in [2.45, 2.75) is 59.1 Å². The van der Waals surface area contributed by atoms with Crippen LogP contribution in [0.1, 0.15) is 56.5 Å². The molecule has 0 bridgehead atoms. The molecular weight excluding hydrogens is 380 g/mol. The van der Waals surface area contributed by atoms with Crippen molar-refractivity contribution in [2.24, 2.45) is 5.92 Å². The maximum absolute atomic E-state index is 12.2. The van der Waals surface area contributed by atoms with Crippen LogP contribution in [0.2, 0.25) is 5.02 Å². The van der Waals surface area contributed by atoms with E-state index in [0.717, 1.165) is 24.1 Å². The number of piperidine rings is 1. The van der Waals surface area contributed by atoms with Crippen LogP contribution >= 0.6 is 11.6 Å². The molecule has 1 amide bonds. The van der Waals surface area contributed by atoms with Crippen LogP contribution in [0, 0.1) is 12.8 Å². The molecule has 1 heterocycles. The molecule has 0 aromatic heterocycles. The van der Waals surface area contributed by atoms with Crippen LogP contribution in [0.4, 0.5) is 10.5 Å². The van der Waals surface area contributed by atoms with E-state index < -0.39 is 5.60 Å². The standard InChI is InChI=1S/C21H31ClN2O4/c1-13-11-16(19(25)27-6)12-17(18(13)22)23-14(2)15-7-9-24(10-8-15)20(26)28-21(3,4)5/h11-12,14-15,23H,7-10H2,1-6H3/t14-/m0/s1. The van der Waals surface area contributed by atoms with Crippen molar-refractivity contribution < 1.29 is 19.1 Å². The lowest BCUT2D eigenvalue weighted by atomic mass is 9.90. The number of methoxy groups -OCH3 is 1. The molecule has 0 aliphatic carbocycles. The summed E-state index contributed by atoms with van der Waals surface area (Å²) in [6.45, 7) is 10.9. The van der Waals surface area contributed by atoms with Crippen LogP contribution in [0.15, 0.2) is 12.1 Å². The van der Waals surface area contributed by atoms with Crippen molar-refractivity contribution >= 4 is 29.4 Å². The molecule has 156 valence electrons. The fourth-order valence-electron chi connectivity index (χ4n) is 3.38.